The van der Waals surface area contributed by atoms with Gasteiger partial charge >= 0.3 is 0 Å². The van der Waals surface area contributed by atoms with Crippen molar-refractivity contribution >= 4 is 17.7 Å². The highest BCUT2D eigenvalue weighted by Gasteiger charge is 2.30. The van der Waals surface area contributed by atoms with Crippen molar-refractivity contribution in [3.63, 3.8) is 0 Å². The van der Waals surface area contributed by atoms with Gasteiger partial charge in [-0.3, -0.25) is 4.79 Å². The van der Waals surface area contributed by atoms with Gasteiger partial charge in [-0.25, -0.2) is 0 Å². The summed E-state index contributed by atoms with van der Waals surface area (Å²) in [4.78, 5) is 12.1. The molecule has 1 unspecified atom stereocenters. The summed E-state index contributed by atoms with van der Waals surface area (Å²) in [5.74, 6) is 2.04. The van der Waals surface area contributed by atoms with Crippen molar-refractivity contribution < 1.29 is 9.90 Å². The summed E-state index contributed by atoms with van der Waals surface area (Å²) in [5, 5.41) is 13.3. The SMILES string of the molecule is CC(CCCc1ccccc1)C(=O)NCC1(O)CCSCC1. The fourth-order valence-corrected chi connectivity index (χ4v) is 3.99. The third kappa shape index (κ3) is 5.65. The van der Waals surface area contributed by atoms with Crippen LogP contribution in [0.1, 0.15) is 38.2 Å². The average Bonchev–Trinajstić information content (AvgIpc) is 2.54. The topological polar surface area (TPSA) is 49.3 Å². The van der Waals surface area contributed by atoms with Gasteiger partial charge in [-0.1, -0.05) is 37.3 Å². The number of hydrogen-bond donors (Lipinski definition) is 2. The fourth-order valence-electron chi connectivity index (χ4n) is 2.74. The Kier molecular flexibility index (Phi) is 6.77. The highest BCUT2D eigenvalue weighted by atomic mass is 32.2. The molecule has 1 aromatic rings. The quantitative estimate of drug-likeness (QED) is 0.811. The zero-order chi connectivity index (χ0) is 15.8. The van der Waals surface area contributed by atoms with Gasteiger partial charge in [-0.15, -0.1) is 0 Å². The Hall–Kier alpha value is -1.00. The molecule has 0 aromatic heterocycles. The predicted octanol–water partition coefficient (Wildman–Crippen LogP) is 3.02. The molecule has 22 heavy (non-hydrogen) atoms. The van der Waals surface area contributed by atoms with Crippen molar-refractivity contribution in [2.75, 3.05) is 18.1 Å². The lowest BCUT2D eigenvalue weighted by atomic mass is 9.96. The van der Waals surface area contributed by atoms with Crippen LogP contribution in [-0.4, -0.2) is 34.7 Å². The minimum Gasteiger partial charge on any atom is -0.388 e. The maximum absolute atomic E-state index is 12.1. The number of rotatable bonds is 7. The zero-order valence-electron chi connectivity index (χ0n) is 13.4. The molecule has 1 amide bonds. The monoisotopic (exact) mass is 321 g/mol. The van der Waals surface area contributed by atoms with Crippen LogP contribution in [0, 0.1) is 5.92 Å². The first-order valence-electron chi connectivity index (χ1n) is 8.21. The van der Waals surface area contributed by atoms with Crippen molar-refractivity contribution in [3.8, 4) is 0 Å². The summed E-state index contributed by atoms with van der Waals surface area (Å²) in [6.07, 6.45) is 4.47. The summed E-state index contributed by atoms with van der Waals surface area (Å²) in [6, 6.07) is 10.4. The number of benzene rings is 1. The molecule has 0 bridgehead atoms. The molecule has 2 rings (SSSR count). The van der Waals surface area contributed by atoms with E-state index in [1.807, 2.05) is 24.8 Å². The second kappa shape index (κ2) is 8.59. The van der Waals surface area contributed by atoms with Gasteiger partial charge in [0.05, 0.1) is 5.60 Å². The predicted molar refractivity (Wildman–Crippen MR) is 93.1 cm³/mol. The van der Waals surface area contributed by atoms with Crippen LogP contribution in [-0.2, 0) is 11.2 Å². The maximum Gasteiger partial charge on any atom is 0.222 e. The highest BCUT2D eigenvalue weighted by Crippen LogP contribution is 2.26. The van der Waals surface area contributed by atoms with Gasteiger partial charge in [0.1, 0.15) is 0 Å². The number of hydrogen-bond acceptors (Lipinski definition) is 3. The van der Waals surface area contributed by atoms with Crippen LogP contribution in [0.4, 0.5) is 0 Å². The molecule has 1 aliphatic heterocycles. The minimum atomic E-state index is -0.690. The van der Waals surface area contributed by atoms with E-state index in [0.717, 1.165) is 43.6 Å². The second-order valence-corrected chi connectivity index (χ2v) is 7.56. The van der Waals surface area contributed by atoms with Gasteiger partial charge in [0.2, 0.25) is 5.91 Å². The number of aliphatic hydroxyl groups is 1. The van der Waals surface area contributed by atoms with Gasteiger partial charge in [0, 0.05) is 12.5 Å². The molecule has 1 aromatic carbocycles. The Morgan fingerprint density at radius 2 is 2.00 bits per heavy atom. The van der Waals surface area contributed by atoms with E-state index in [9.17, 15) is 9.90 Å². The fraction of sp³-hybridized carbons (Fsp3) is 0.611. The molecule has 0 spiro atoms. The molecule has 3 nitrogen and oxygen atoms in total. The summed E-state index contributed by atoms with van der Waals surface area (Å²) in [6.45, 7) is 2.37. The molecular formula is C18H27NO2S. The smallest absolute Gasteiger partial charge is 0.222 e. The first kappa shape index (κ1) is 17.4. The first-order valence-corrected chi connectivity index (χ1v) is 9.36. The molecule has 1 fully saturated rings. The number of thioether (sulfide) groups is 1. The van der Waals surface area contributed by atoms with Gasteiger partial charge in [-0.05, 0) is 49.2 Å². The Morgan fingerprint density at radius 1 is 1.32 bits per heavy atom. The van der Waals surface area contributed by atoms with E-state index in [1.165, 1.54) is 5.56 Å². The Labute approximate surface area is 137 Å². The number of aryl methyl sites for hydroxylation is 1. The average molecular weight is 321 g/mol. The Balaban J connectivity index is 1.66. The minimum absolute atomic E-state index is 0.00489. The highest BCUT2D eigenvalue weighted by molar-refractivity contribution is 7.99. The van der Waals surface area contributed by atoms with Crippen LogP contribution in [0.2, 0.25) is 0 Å². The lowest BCUT2D eigenvalue weighted by Gasteiger charge is -2.32. The molecule has 0 radical (unpaired) electrons. The van der Waals surface area contributed by atoms with Crippen LogP contribution in [0.3, 0.4) is 0 Å². The molecule has 0 saturated carbocycles. The van der Waals surface area contributed by atoms with Crippen molar-refractivity contribution in [1.82, 2.24) is 5.32 Å². The summed E-state index contributed by atoms with van der Waals surface area (Å²) >= 11 is 1.87. The van der Waals surface area contributed by atoms with Gasteiger partial charge < -0.3 is 10.4 Å². The normalized spacial score (nSPS) is 18.6. The van der Waals surface area contributed by atoms with E-state index in [0.29, 0.717) is 6.54 Å². The lowest BCUT2D eigenvalue weighted by molar-refractivity contribution is -0.126. The molecule has 4 heteroatoms. The van der Waals surface area contributed by atoms with Crippen molar-refractivity contribution in [1.29, 1.82) is 0 Å². The van der Waals surface area contributed by atoms with E-state index < -0.39 is 5.60 Å². The molecule has 1 saturated heterocycles. The molecule has 0 aliphatic carbocycles. The molecule has 1 aliphatic rings. The molecule has 2 N–H and O–H groups in total. The standard InChI is InChI=1S/C18H27NO2S/c1-15(6-5-9-16-7-3-2-4-8-16)17(20)19-14-18(21)10-12-22-13-11-18/h2-4,7-8,15,21H,5-6,9-14H2,1H3,(H,19,20). The number of carbonyl (C=O) groups is 1. The third-order valence-corrected chi connectivity index (χ3v) is 5.39. The van der Waals surface area contributed by atoms with Crippen LogP contribution in [0.25, 0.3) is 0 Å². The lowest BCUT2D eigenvalue weighted by Crippen LogP contribution is -2.46. The Morgan fingerprint density at radius 3 is 2.68 bits per heavy atom. The van der Waals surface area contributed by atoms with Gasteiger partial charge in [0.15, 0.2) is 0 Å². The number of amides is 1. The van der Waals surface area contributed by atoms with Crippen LogP contribution in [0.5, 0.6) is 0 Å². The van der Waals surface area contributed by atoms with E-state index in [-0.39, 0.29) is 11.8 Å². The zero-order valence-corrected chi connectivity index (χ0v) is 14.2. The number of nitrogens with one attached hydrogen (secondary N) is 1. The van der Waals surface area contributed by atoms with Gasteiger partial charge in [-0.2, -0.15) is 11.8 Å². The molecule has 122 valence electrons. The van der Waals surface area contributed by atoms with Crippen molar-refractivity contribution in [2.45, 2.75) is 44.6 Å². The van der Waals surface area contributed by atoms with Crippen LogP contribution < -0.4 is 5.32 Å². The summed E-state index contributed by atoms with van der Waals surface area (Å²) in [7, 11) is 0. The largest absolute Gasteiger partial charge is 0.388 e. The van der Waals surface area contributed by atoms with E-state index in [2.05, 4.69) is 29.6 Å². The molecule has 1 heterocycles. The van der Waals surface area contributed by atoms with Crippen molar-refractivity contribution in [2.24, 2.45) is 5.92 Å². The van der Waals surface area contributed by atoms with Crippen molar-refractivity contribution in [3.05, 3.63) is 35.9 Å². The van der Waals surface area contributed by atoms with Gasteiger partial charge in [0.25, 0.3) is 0 Å². The molecular weight excluding hydrogens is 294 g/mol. The van der Waals surface area contributed by atoms with E-state index >= 15 is 0 Å². The Bertz CT molecular complexity index is 457. The second-order valence-electron chi connectivity index (χ2n) is 6.33. The maximum atomic E-state index is 12.1. The van der Waals surface area contributed by atoms with Crippen LogP contribution >= 0.6 is 11.8 Å². The first-order chi connectivity index (χ1) is 10.6. The van der Waals surface area contributed by atoms with E-state index in [1.54, 1.807) is 0 Å². The van der Waals surface area contributed by atoms with E-state index in [4.69, 9.17) is 0 Å². The van der Waals surface area contributed by atoms with Crippen LogP contribution in [0.15, 0.2) is 30.3 Å². The summed E-state index contributed by atoms with van der Waals surface area (Å²) in [5.41, 5.74) is 0.633. The molecule has 1 atom stereocenters. The third-order valence-electron chi connectivity index (χ3n) is 4.41. The number of carbonyl (C=O) groups excluding carboxylic acids is 1. The summed E-state index contributed by atoms with van der Waals surface area (Å²) < 4.78 is 0.